The normalized spacial score (nSPS) is 10.8. The van der Waals surface area contributed by atoms with E-state index >= 15 is 0 Å². The van der Waals surface area contributed by atoms with Crippen molar-refractivity contribution in [3.8, 4) is 16.9 Å². The van der Waals surface area contributed by atoms with Gasteiger partial charge in [-0.15, -0.1) is 0 Å². The van der Waals surface area contributed by atoms with Crippen molar-refractivity contribution in [3.05, 3.63) is 54.6 Å². The standard InChI is InChI=1S/C18H23NO/c1-19(2)13-6-7-14-20-18-12-8-11-17(15-18)16-9-4-3-5-10-16/h3-5,8-12,15H,6-7,13-14H2,1-2H3. The highest BCUT2D eigenvalue weighted by molar-refractivity contribution is 5.64. The van der Waals surface area contributed by atoms with Crippen LogP contribution in [0.3, 0.4) is 0 Å². The summed E-state index contributed by atoms with van der Waals surface area (Å²) in [7, 11) is 4.20. The molecule has 0 saturated heterocycles. The van der Waals surface area contributed by atoms with Gasteiger partial charge in [0, 0.05) is 0 Å². The van der Waals surface area contributed by atoms with E-state index in [1.54, 1.807) is 0 Å². The van der Waals surface area contributed by atoms with E-state index in [0.29, 0.717) is 0 Å². The zero-order chi connectivity index (χ0) is 14.2. The van der Waals surface area contributed by atoms with E-state index in [2.05, 4.69) is 61.5 Å². The maximum Gasteiger partial charge on any atom is 0.119 e. The summed E-state index contributed by atoms with van der Waals surface area (Å²) < 4.78 is 5.83. The molecule has 0 N–H and O–H groups in total. The monoisotopic (exact) mass is 269 g/mol. The Labute approximate surface area is 122 Å². The lowest BCUT2D eigenvalue weighted by Crippen LogP contribution is -2.13. The molecule has 0 amide bonds. The Kier molecular flexibility index (Phi) is 5.63. The SMILES string of the molecule is CN(C)CCCCOc1cccc(-c2ccccc2)c1. The molecule has 0 heterocycles. The summed E-state index contributed by atoms with van der Waals surface area (Å²) >= 11 is 0. The van der Waals surface area contributed by atoms with Crippen molar-refractivity contribution >= 4 is 0 Å². The Morgan fingerprint density at radius 3 is 2.35 bits per heavy atom. The quantitative estimate of drug-likeness (QED) is 0.702. The zero-order valence-corrected chi connectivity index (χ0v) is 12.4. The van der Waals surface area contributed by atoms with Gasteiger partial charge in [-0.3, -0.25) is 0 Å². The molecule has 0 unspecified atom stereocenters. The first-order valence-corrected chi connectivity index (χ1v) is 7.19. The molecule has 0 aliphatic rings. The van der Waals surface area contributed by atoms with E-state index in [1.807, 2.05) is 12.1 Å². The molecule has 0 atom stereocenters. The topological polar surface area (TPSA) is 12.5 Å². The predicted octanol–water partition coefficient (Wildman–Crippen LogP) is 4.07. The van der Waals surface area contributed by atoms with Gasteiger partial charge in [0.1, 0.15) is 5.75 Å². The van der Waals surface area contributed by atoms with E-state index in [9.17, 15) is 0 Å². The summed E-state index contributed by atoms with van der Waals surface area (Å²) in [5.74, 6) is 0.955. The molecule has 106 valence electrons. The van der Waals surface area contributed by atoms with Crippen molar-refractivity contribution in [1.29, 1.82) is 0 Å². The number of nitrogens with zero attached hydrogens (tertiary/aromatic N) is 1. The first kappa shape index (κ1) is 14.6. The van der Waals surface area contributed by atoms with Crippen LogP contribution in [0, 0.1) is 0 Å². The molecule has 20 heavy (non-hydrogen) atoms. The van der Waals surface area contributed by atoms with Crippen LogP contribution in [0.2, 0.25) is 0 Å². The molecule has 0 saturated carbocycles. The van der Waals surface area contributed by atoms with Crippen LogP contribution >= 0.6 is 0 Å². The number of unbranched alkanes of at least 4 members (excludes halogenated alkanes) is 1. The smallest absolute Gasteiger partial charge is 0.119 e. The van der Waals surface area contributed by atoms with Gasteiger partial charge >= 0.3 is 0 Å². The van der Waals surface area contributed by atoms with Crippen LogP contribution < -0.4 is 4.74 Å². The van der Waals surface area contributed by atoms with Gasteiger partial charge in [0.05, 0.1) is 6.61 Å². The Balaban J connectivity index is 1.87. The van der Waals surface area contributed by atoms with Gasteiger partial charge < -0.3 is 9.64 Å². The van der Waals surface area contributed by atoms with Gasteiger partial charge in [-0.05, 0) is 56.7 Å². The fourth-order valence-electron chi connectivity index (χ4n) is 2.12. The predicted molar refractivity (Wildman–Crippen MR) is 85.2 cm³/mol. The third-order valence-corrected chi connectivity index (χ3v) is 3.21. The third kappa shape index (κ3) is 4.71. The largest absolute Gasteiger partial charge is 0.494 e. The molecule has 0 aliphatic heterocycles. The molecular weight excluding hydrogens is 246 g/mol. The Hall–Kier alpha value is -1.80. The van der Waals surface area contributed by atoms with Gasteiger partial charge in [0.25, 0.3) is 0 Å². The minimum Gasteiger partial charge on any atom is -0.494 e. The minimum absolute atomic E-state index is 0.784. The van der Waals surface area contributed by atoms with E-state index in [1.165, 1.54) is 17.5 Å². The summed E-state index contributed by atoms with van der Waals surface area (Å²) in [6, 6.07) is 18.7. The third-order valence-electron chi connectivity index (χ3n) is 3.21. The molecule has 2 heteroatoms. The van der Waals surface area contributed by atoms with Gasteiger partial charge in [-0.1, -0.05) is 42.5 Å². The maximum atomic E-state index is 5.83. The average molecular weight is 269 g/mol. The number of benzene rings is 2. The van der Waals surface area contributed by atoms with E-state index < -0.39 is 0 Å². The van der Waals surface area contributed by atoms with Gasteiger partial charge in [0.2, 0.25) is 0 Å². The molecule has 0 bridgehead atoms. The van der Waals surface area contributed by atoms with Crippen molar-refractivity contribution in [1.82, 2.24) is 4.90 Å². The van der Waals surface area contributed by atoms with Crippen LogP contribution in [-0.4, -0.2) is 32.1 Å². The second-order valence-corrected chi connectivity index (χ2v) is 5.25. The molecule has 0 spiro atoms. The summed E-state index contributed by atoms with van der Waals surface area (Å²) in [5.41, 5.74) is 2.43. The van der Waals surface area contributed by atoms with Crippen molar-refractivity contribution < 1.29 is 4.74 Å². The maximum absolute atomic E-state index is 5.83. The molecular formula is C18H23NO. The fraction of sp³-hybridized carbons (Fsp3) is 0.333. The van der Waals surface area contributed by atoms with Crippen molar-refractivity contribution in [2.75, 3.05) is 27.2 Å². The number of hydrogen-bond acceptors (Lipinski definition) is 2. The van der Waals surface area contributed by atoms with Crippen molar-refractivity contribution in [2.24, 2.45) is 0 Å². The summed E-state index contributed by atoms with van der Waals surface area (Å²) in [6.07, 6.45) is 2.26. The van der Waals surface area contributed by atoms with Crippen LogP contribution in [0.4, 0.5) is 0 Å². The zero-order valence-electron chi connectivity index (χ0n) is 12.4. The number of ether oxygens (including phenoxy) is 1. The average Bonchev–Trinajstić information content (AvgIpc) is 2.48. The number of rotatable bonds is 7. The highest BCUT2D eigenvalue weighted by atomic mass is 16.5. The molecule has 2 aromatic carbocycles. The Morgan fingerprint density at radius 2 is 1.60 bits per heavy atom. The summed E-state index contributed by atoms with van der Waals surface area (Å²) in [6.45, 7) is 1.90. The van der Waals surface area contributed by atoms with Crippen LogP contribution in [-0.2, 0) is 0 Å². The molecule has 0 aromatic heterocycles. The van der Waals surface area contributed by atoms with E-state index in [4.69, 9.17) is 4.74 Å². The Bertz CT molecular complexity index is 508. The molecule has 0 radical (unpaired) electrons. The molecule has 0 aliphatic carbocycles. The minimum atomic E-state index is 0.784. The lowest BCUT2D eigenvalue weighted by molar-refractivity contribution is 0.293. The summed E-state index contributed by atoms with van der Waals surface area (Å²) in [4.78, 5) is 2.20. The first-order valence-electron chi connectivity index (χ1n) is 7.19. The molecule has 2 rings (SSSR count). The second kappa shape index (κ2) is 7.71. The molecule has 2 aromatic rings. The van der Waals surface area contributed by atoms with Gasteiger partial charge in [-0.2, -0.15) is 0 Å². The van der Waals surface area contributed by atoms with E-state index in [-0.39, 0.29) is 0 Å². The fourth-order valence-corrected chi connectivity index (χ4v) is 2.12. The highest BCUT2D eigenvalue weighted by Gasteiger charge is 1.99. The van der Waals surface area contributed by atoms with Gasteiger partial charge in [0.15, 0.2) is 0 Å². The highest BCUT2D eigenvalue weighted by Crippen LogP contribution is 2.23. The van der Waals surface area contributed by atoms with E-state index in [0.717, 1.165) is 25.3 Å². The van der Waals surface area contributed by atoms with Crippen LogP contribution in [0.25, 0.3) is 11.1 Å². The van der Waals surface area contributed by atoms with Crippen LogP contribution in [0.5, 0.6) is 5.75 Å². The lowest BCUT2D eigenvalue weighted by Gasteiger charge is -2.10. The second-order valence-electron chi connectivity index (χ2n) is 5.25. The van der Waals surface area contributed by atoms with Crippen LogP contribution in [0.1, 0.15) is 12.8 Å². The summed E-state index contributed by atoms with van der Waals surface area (Å²) in [5, 5.41) is 0. The molecule has 0 fully saturated rings. The van der Waals surface area contributed by atoms with Gasteiger partial charge in [-0.25, -0.2) is 0 Å². The Morgan fingerprint density at radius 1 is 0.850 bits per heavy atom. The first-order chi connectivity index (χ1) is 9.75. The molecule has 2 nitrogen and oxygen atoms in total. The van der Waals surface area contributed by atoms with Crippen LogP contribution in [0.15, 0.2) is 54.6 Å². The lowest BCUT2D eigenvalue weighted by atomic mass is 10.1. The van der Waals surface area contributed by atoms with Crippen molar-refractivity contribution in [2.45, 2.75) is 12.8 Å². The van der Waals surface area contributed by atoms with Crippen molar-refractivity contribution in [3.63, 3.8) is 0 Å². The number of hydrogen-bond donors (Lipinski definition) is 0.